The summed E-state index contributed by atoms with van der Waals surface area (Å²) in [6, 6.07) is -0.274. The van der Waals surface area contributed by atoms with E-state index in [0.717, 1.165) is 26.3 Å². The van der Waals surface area contributed by atoms with Gasteiger partial charge in [0.2, 0.25) is 5.91 Å². The molecule has 6 heteroatoms. The number of β-amino-alcohol motifs (C(OH)–C–C–N with tert-alkyl or cyclic N) is 1. The minimum absolute atomic E-state index is 0.0314. The van der Waals surface area contributed by atoms with Crippen LogP contribution in [-0.2, 0) is 9.53 Å². The number of aliphatic hydroxyl groups excluding tert-OH is 1. The summed E-state index contributed by atoms with van der Waals surface area (Å²) < 4.78 is 5.25. The smallest absolute Gasteiger partial charge is 0.236 e. The van der Waals surface area contributed by atoms with Crippen molar-refractivity contribution in [3.63, 3.8) is 0 Å². The van der Waals surface area contributed by atoms with Gasteiger partial charge in [-0.05, 0) is 13.8 Å². The Kier molecular flexibility index (Phi) is 7.19. The molecule has 1 rings (SSSR count). The second-order valence-electron chi connectivity index (χ2n) is 4.59. The minimum atomic E-state index is -0.458. The zero-order chi connectivity index (χ0) is 13.4. The van der Waals surface area contributed by atoms with E-state index >= 15 is 0 Å². The predicted octanol–water partition coefficient (Wildman–Crippen LogP) is -1.21. The highest BCUT2D eigenvalue weighted by Crippen LogP contribution is 1.98. The fourth-order valence-corrected chi connectivity index (χ4v) is 1.88. The van der Waals surface area contributed by atoms with Gasteiger partial charge in [-0.25, -0.2) is 0 Å². The van der Waals surface area contributed by atoms with E-state index in [0.29, 0.717) is 19.6 Å². The van der Waals surface area contributed by atoms with Crippen molar-refractivity contribution >= 4 is 5.91 Å². The number of carbonyl (C=O) groups excluding carboxylic acids is 1. The molecule has 2 atom stereocenters. The van der Waals surface area contributed by atoms with E-state index in [9.17, 15) is 9.90 Å². The molecule has 6 nitrogen and oxygen atoms in total. The van der Waals surface area contributed by atoms with Crippen molar-refractivity contribution in [2.24, 2.45) is 0 Å². The second kappa shape index (κ2) is 8.42. The van der Waals surface area contributed by atoms with Crippen molar-refractivity contribution in [3.8, 4) is 0 Å². The SMILES string of the molecule is CCNC(=O)C(C)NCC(O)CN1CCOCC1. The fraction of sp³-hybridized carbons (Fsp3) is 0.917. The Hall–Kier alpha value is -0.690. The van der Waals surface area contributed by atoms with E-state index in [1.54, 1.807) is 6.92 Å². The van der Waals surface area contributed by atoms with Gasteiger partial charge in [-0.2, -0.15) is 0 Å². The Bertz CT molecular complexity index is 245. The van der Waals surface area contributed by atoms with Gasteiger partial charge in [0.1, 0.15) is 0 Å². The van der Waals surface area contributed by atoms with Crippen molar-refractivity contribution in [1.82, 2.24) is 15.5 Å². The zero-order valence-corrected chi connectivity index (χ0v) is 11.3. The first kappa shape index (κ1) is 15.4. The third-order valence-electron chi connectivity index (χ3n) is 2.98. The van der Waals surface area contributed by atoms with Gasteiger partial charge in [-0.1, -0.05) is 0 Å². The number of nitrogens with one attached hydrogen (secondary N) is 2. The molecular weight excluding hydrogens is 234 g/mol. The lowest BCUT2D eigenvalue weighted by molar-refractivity contribution is -0.122. The summed E-state index contributed by atoms with van der Waals surface area (Å²) in [5, 5.41) is 15.7. The number of nitrogens with zero attached hydrogens (tertiary/aromatic N) is 1. The largest absolute Gasteiger partial charge is 0.390 e. The van der Waals surface area contributed by atoms with E-state index in [-0.39, 0.29) is 11.9 Å². The molecule has 0 radical (unpaired) electrons. The lowest BCUT2D eigenvalue weighted by atomic mass is 10.2. The number of amides is 1. The lowest BCUT2D eigenvalue weighted by Gasteiger charge is -2.29. The molecule has 1 aliphatic rings. The average Bonchev–Trinajstić information content (AvgIpc) is 2.37. The predicted molar refractivity (Wildman–Crippen MR) is 69.4 cm³/mol. The molecule has 0 aromatic carbocycles. The van der Waals surface area contributed by atoms with Crippen LogP contribution in [0, 0.1) is 0 Å². The maximum atomic E-state index is 11.5. The summed E-state index contributed by atoms with van der Waals surface area (Å²) in [5.41, 5.74) is 0. The van der Waals surface area contributed by atoms with Gasteiger partial charge < -0.3 is 20.5 Å². The third-order valence-corrected chi connectivity index (χ3v) is 2.98. The van der Waals surface area contributed by atoms with Gasteiger partial charge >= 0.3 is 0 Å². The monoisotopic (exact) mass is 259 g/mol. The lowest BCUT2D eigenvalue weighted by Crippen LogP contribution is -2.48. The van der Waals surface area contributed by atoms with E-state index < -0.39 is 6.10 Å². The Morgan fingerprint density at radius 2 is 2.11 bits per heavy atom. The normalized spacial score (nSPS) is 20.4. The van der Waals surface area contributed by atoms with Crippen molar-refractivity contribution in [2.45, 2.75) is 26.0 Å². The average molecular weight is 259 g/mol. The van der Waals surface area contributed by atoms with Gasteiger partial charge in [0, 0.05) is 32.7 Å². The van der Waals surface area contributed by atoms with E-state index in [4.69, 9.17) is 4.74 Å². The van der Waals surface area contributed by atoms with Crippen LogP contribution in [0.4, 0.5) is 0 Å². The second-order valence-corrected chi connectivity index (χ2v) is 4.59. The van der Waals surface area contributed by atoms with Gasteiger partial charge in [0.25, 0.3) is 0 Å². The van der Waals surface area contributed by atoms with Crippen molar-refractivity contribution in [2.75, 3.05) is 45.9 Å². The maximum absolute atomic E-state index is 11.5. The number of hydrogen-bond acceptors (Lipinski definition) is 5. The number of morpholine rings is 1. The van der Waals surface area contributed by atoms with Crippen LogP contribution in [0.1, 0.15) is 13.8 Å². The highest BCUT2D eigenvalue weighted by atomic mass is 16.5. The molecule has 106 valence electrons. The molecule has 18 heavy (non-hydrogen) atoms. The van der Waals surface area contributed by atoms with Crippen molar-refractivity contribution in [3.05, 3.63) is 0 Å². The molecule has 0 aliphatic carbocycles. The van der Waals surface area contributed by atoms with Gasteiger partial charge in [-0.3, -0.25) is 9.69 Å². The standard InChI is InChI=1S/C12H25N3O3/c1-3-13-12(17)10(2)14-8-11(16)9-15-4-6-18-7-5-15/h10-11,14,16H,3-9H2,1-2H3,(H,13,17). The molecule has 1 fully saturated rings. The summed E-state index contributed by atoms with van der Waals surface area (Å²) in [6.45, 7) is 8.55. The number of ether oxygens (including phenoxy) is 1. The first-order valence-electron chi connectivity index (χ1n) is 6.62. The molecule has 0 aromatic rings. The van der Waals surface area contributed by atoms with Crippen molar-refractivity contribution in [1.29, 1.82) is 0 Å². The van der Waals surface area contributed by atoms with Gasteiger partial charge in [0.05, 0.1) is 25.4 Å². The van der Waals surface area contributed by atoms with Crippen LogP contribution >= 0.6 is 0 Å². The first-order chi connectivity index (χ1) is 8.63. The molecule has 0 spiro atoms. The summed E-state index contributed by atoms with van der Waals surface area (Å²) in [5.74, 6) is -0.0314. The highest BCUT2D eigenvalue weighted by Gasteiger charge is 2.17. The molecular formula is C12H25N3O3. The molecule has 1 aliphatic heterocycles. The minimum Gasteiger partial charge on any atom is -0.390 e. The van der Waals surface area contributed by atoms with Gasteiger partial charge in [0.15, 0.2) is 0 Å². The van der Waals surface area contributed by atoms with E-state index in [1.165, 1.54) is 0 Å². The molecule has 0 saturated carbocycles. The summed E-state index contributed by atoms with van der Waals surface area (Å²) >= 11 is 0. The van der Waals surface area contributed by atoms with Crippen molar-refractivity contribution < 1.29 is 14.6 Å². The third kappa shape index (κ3) is 5.77. The summed E-state index contributed by atoms with van der Waals surface area (Å²) in [4.78, 5) is 13.6. The Morgan fingerprint density at radius 3 is 2.72 bits per heavy atom. The molecule has 2 unspecified atom stereocenters. The molecule has 1 amide bonds. The number of aliphatic hydroxyl groups is 1. The zero-order valence-electron chi connectivity index (χ0n) is 11.3. The van der Waals surface area contributed by atoms with Crippen LogP contribution < -0.4 is 10.6 Å². The maximum Gasteiger partial charge on any atom is 0.236 e. The van der Waals surface area contributed by atoms with Crippen LogP contribution in [0.2, 0.25) is 0 Å². The number of hydrogen-bond donors (Lipinski definition) is 3. The highest BCUT2D eigenvalue weighted by molar-refractivity contribution is 5.81. The molecule has 0 bridgehead atoms. The van der Waals surface area contributed by atoms with E-state index in [1.807, 2.05) is 6.92 Å². The summed E-state index contributed by atoms with van der Waals surface area (Å²) in [7, 11) is 0. The quantitative estimate of drug-likeness (QED) is 0.535. The van der Waals surface area contributed by atoms with Crippen LogP contribution in [0.25, 0.3) is 0 Å². The topological polar surface area (TPSA) is 73.8 Å². The summed E-state index contributed by atoms with van der Waals surface area (Å²) in [6.07, 6.45) is -0.458. The van der Waals surface area contributed by atoms with Gasteiger partial charge in [-0.15, -0.1) is 0 Å². The number of rotatable bonds is 7. The van der Waals surface area contributed by atoms with Crippen LogP contribution in [0.5, 0.6) is 0 Å². The fourth-order valence-electron chi connectivity index (χ4n) is 1.88. The molecule has 1 heterocycles. The molecule has 3 N–H and O–H groups in total. The Balaban J connectivity index is 2.15. The molecule has 0 aromatic heterocycles. The number of likely N-dealkylation sites (N-methyl/N-ethyl adjacent to an activating group) is 1. The molecule has 1 saturated heterocycles. The van der Waals surface area contributed by atoms with Crippen LogP contribution in [0.3, 0.4) is 0 Å². The Morgan fingerprint density at radius 1 is 1.44 bits per heavy atom. The van der Waals surface area contributed by atoms with Crippen LogP contribution in [0.15, 0.2) is 0 Å². The van der Waals surface area contributed by atoms with Crippen LogP contribution in [-0.4, -0.2) is 74.0 Å². The van der Waals surface area contributed by atoms with E-state index in [2.05, 4.69) is 15.5 Å². The first-order valence-corrected chi connectivity index (χ1v) is 6.62. The Labute approximate surface area is 109 Å². The number of carbonyl (C=O) groups is 1.